The van der Waals surface area contributed by atoms with Gasteiger partial charge in [-0.05, 0) is 36.4 Å². The van der Waals surface area contributed by atoms with Crippen molar-refractivity contribution in [2.75, 3.05) is 17.7 Å². The van der Waals surface area contributed by atoms with Crippen molar-refractivity contribution in [3.8, 4) is 6.07 Å². The minimum absolute atomic E-state index is 0.208. The van der Waals surface area contributed by atoms with Gasteiger partial charge in [0.05, 0.1) is 22.9 Å². The third-order valence-corrected chi connectivity index (χ3v) is 4.18. The van der Waals surface area contributed by atoms with Crippen molar-refractivity contribution in [1.29, 1.82) is 5.26 Å². The van der Waals surface area contributed by atoms with Crippen LogP contribution >= 0.6 is 0 Å². The van der Waals surface area contributed by atoms with Gasteiger partial charge in [-0.15, -0.1) is 0 Å². The fourth-order valence-electron chi connectivity index (χ4n) is 2.76. The lowest BCUT2D eigenvalue weighted by molar-refractivity contribution is 0.0964. The van der Waals surface area contributed by atoms with Gasteiger partial charge in [0.15, 0.2) is 0 Å². The topological polar surface area (TPSA) is 120 Å². The third kappa shape index (κ3) is 3.68. The fraction of sp³-hybridized carbons (Fsp3) is 0.0500. The summed E-state index contributed by atoms with van der Waals surface area (Å²) in [5.41, 5.74) is 2.39. The number of nitriles is 1. The van der Waals surface area contributed by atoms with Crippen molar-refractivity contribution in [2.24, 2.45) is 0 Å². The molecule has 0 radical (unpaired) electrons. The van der Waals surface area contributed by atoms with Gasteiger partial charge in [-0.1, -0.05) is 12.1 Å². The van der Waals surface area contributed by atoms with Crippen LogP contribution in [0.15, 0.2) is 60.9 Å². The second kappa shape index (κ2) is 7.66. The molecule has 0 bridgehead atoms. The van der Waals surface area contributed by atoms with Gasteiger partial charge in [-0.2, -0.15) is 15.2 Å². The highest BCUT2D eigenvalue weighted by Crippen LogP contribution is 2.22. The van der Waals surface area contributed by atoms with Gasteiger partial charge in [0.2, 0.25) is 17.7 Å². The highest BCUT2D eigenvalue weighted by Gasteiger charge is 2.13. The van der Waals surface area contributed by atoms with Crippen LogP contribution in [0.3, 0.4) is 0 Å². The fourth-order valence-corrected chi connectivity index (χ4v) is 2.76. The normalized spacial score (nSPS) is 10.3. The molecule has 2 aromatic carbocycles. The number of carbonyl (C=O) groups is 1. The highest BCUT2D eigenvalue weighted by atomic mass is 16.1. The summed E-state index contributed by atoms with van der Waals surface area (Å²) in [6.07, 6.45) is 3.34. The molecule has 0 aliphatic rings. The van der Waals surface area contributed by atoms with Crippen LogP contribution in [0.4, 0.5) is 23.3 Å². The number of para-hydroxylation sites is 1. The van der Waals surface area contributed by atoms with Crippen LogP contribution in [0.2, 0.25) is 0 Å². The maximum Gasteiger partial charge on any atom is 0.253 e. The smallest absolute Gasteiger partial charge is 0.253 e. The zero-order valence-corrected chi connectivity index (χ0v) is 15.4. The molecule has 0 saturated carbocycles. The van der Waals surface area contributed by atoms with Gasteiger partial charge in [-0.3, -0.25) is 9.20 Å². The summed E-state index contributed by atoms with van der Waals surface area (Å²) in [5.74, 6) is 1.00. The van der Waals surface area contributed by atoms with Crippen LogP contribution in [0, 0.1) is 11.3 Å². The third-order valence-electron chi connectivity index (χ3n) is 4.18. The Morgan fingerprint density at radius 3 is 2.62 bits per heavy atom. The second-order valence-electron chi connectivity index (χ2n) is 6.03. The number of imidazole rings is 1. The van der Waals surface area contributed by atoms with Gasteiger partial charge in [0.25, 0.3) is 5.91 Å². The first-order valence-electron chi connectivity index (χ1n) is 8.74. The Balaban J connectivity index is 1.70. The van der Waals surface area contributed by atoms with Crippen LogP contribution < -0.4 is 16.0 Å². The van der Waals surface area contributed by atoms with Crippen LogP contribution in [0.5, 0.6) is 0 Å². The summed E-state index contributed by atoms with van der Waals surface area (Å²) >= 11 is 0. The number of rotatable bonds is 5. The van der Waals surface area contributed by atoms with Crippen molar-refractivity contribution in [3.05, 3.63) is 72.1 Å². The van der Waals surface area contributed by atoms with E-state index in [9.17, 15) is 4.79 Å². The summed E-state index contributed by atoms with van der Waals surface area (Å²) in [6.45, 7) is 0. The van der Waals surface area contributed by atoms with Crippen LogP contribution in [-0.4, -0.2) is 32.3 Å². The molecule has 0 aliphatic carbocycles. The van der Waals surface area contributed by atoms with E-state index in [0.29, 0.717) is 34.5 Å². The predicted molar refractivity (Wildman–Crippen MR) is 108 cm³/mol. The first-order chi connectivity index (χ1) is 14.2. The number of carbonyl (C=O) groups excluding carboxylic acids is 1. The minimum Gasteiger partial charge on any atom is -0.355 e. The lowest BCUT2D eigenvalue weighted by atomic mass is 10.1. The number of nitrogens with one attached hydrogen (secondary N) is 3. The quantitative estimate of drug-likeness (QED) is 0.484. The van der Waals surface area contributed by atoms with Crippen LogP contribution in [0.1, 0.15) is 15.9 Å². The molecular formula is C20H16N8O. The molecule has 0 unspecified atom stereocenters. The van der Waals surface area contributed by atoms with E-state index in [2.05, 4.69) is 37.0 Å². The average Bonchev–Trinajstić information content (AvgIpc) is 3.23. The molecule has 4 rings (SSSR count). The van der Waals surface area contributed by atoms with E-state index < -0.39 is 0 Å². The van der Waals surface area contributed by atoms with E-state index in [1.807, 2.05) is 6.07 Å². The molecule has 0 atom stereocenters. The first-order valence-corrected chi connectivity index (χ1v) is 8.74. The summed E-state index contributed by atoms with van der Waals surface area (Å²) < 4.78 is 1.69. The molecule has 9 nitrogen and oxygen atoms in total. The second-order valence-corrected chi connectivity index (χ2v) is 6.03. The summed E-state index contributed by atoms with van der Waals surface area (Å²) in [7, 11) is 1.58. The number of anilines is 4. The first kappa shape index (κ1) is 17.9. The van der Waals surface area contributed by atoms with E-state index in [0.717, 1.165) is 5.69 Å². The lowest BCUT2D eigenvalue weighted by Crippen LogP contribution is -2.19. The Hall–Kier alpha value is -4.45. The maximum absolute atomic E-state index is 12.2. The Bertz CT molecular complexity index is 1220. The van der Waals surface area contributed by atoms with Crippen molar-refractivity contribution in [3.63, 3.8) is 0 Å². The van der Waals surface area contributed by atoms with Crippen LogP contribution in [-0.2, 0) is 0 Å². The van der Waals surface area contributed by atoms with Crippen molar-refractivity contribution in [1.82, 2.24) is 24.7 Å². The molecule has 3 N–H and O–H groups in total. The molecule has 9 heteroatoms. The molecule has 0 saturated heterocycles. The minimum atomic E-state index is -0.208. The SMILES string of the molecule is CNC(=O)c1ccccc1Nc1nc(Nc2ccc(C#N)cc2)nc2nccn12. The van der Waals surface area contributed by atoms with Gasteiger partial charge in [0.1, 0.15) is 0 Å². The van der Waals surface area contributed by atoms with Gasteiger partial charge < -0.3 is 16.0 Å². The number of benzene rings is 2. The number of nitrogens with zero attached hydrogens (tertiary/aromatic N) is 5. The van der Waals surface area contributed by atoms with Crippen molar-refractivity contribution < 1.29 is 4.79 Å². The molecule has 0 spiro atoms. The Kier molecular flexibility index (Phi) is 4.74. The zero-order valence-electron chi connectivity index (χ0n) is 15.4. The molecule has 2 heterocycles. The molecule has 1 amide bonds. The Labute approximate surface area is 166 Å². The van der Waals surface area contributed by atoms with Gasteiger partial charge in [-0.25, -0.2) is 4.98 Å². The number of amides is 1. The lowest BCUT2D eigenvalue weighted by Gasteiger charge is -2.13. The van der Waals surface area contributed by atoms with E-state index in [4.69, 9.17) is 5.26 Å². The zero-order chi connectivity index (χ0) is 20.2. The van der Waals surface area contributed by atoms with Gasteiger partial charge >= 0.3 is 0 Å². The molecule has 0 fully saturated rings. The summed E-state index contributed by atoms with van der Waals surface area (Å²) in [4.78, 5) is 25.3. The molecule has 142 valence electrons. The number of fused-ring (bicyclic) bond motifs is 1. The monoisotopic (exact) mass is 384 g/mol. The van der Waals surface area contributed by atoms with Crippen molar-refractivity contribution >= 4 is 35.0 Å². The Morgan fingerprint density at radius 2 is 1.86 bits per heavy atom. The standard InChI is InChI=1S/C20H16N8O/c1-22-17(29)15-4-2-3-5-16(15)25-20-27-18(26-19-23-10-11-28(19)20)24-14-8-6-13(12-21)7-9-14/h2-11H,1H3,(H,22,29)(H2,23,24,25,26,27). The van der Waals surface area contributed by atoms with Crippen LogP contribution in [0.25, 0.3) is 5.78 Å². The summed E-state index contributed by atoms with van der Waals surface area (Å²) in [6, 6.07) is 16.2. The highest BCUT2D eigenvalue weighted by molar-refractivity contribution is 6.00. The summed E-state index contributed by atoms with van der Waals surface area (Å²) in [5, 5.41) is 17.8. The van der Waals surface area contributed by atoms with Crippen molar-refractivity contribution in [2.45, 2.75) is 0 Å². The number of aromatic nitrogens is 4. The van der Waals surface area contributed by atoms with E-state index >= 15 is 0 Å². The number of hydrogen-bond acceptors (Lipinski definition) is 7. The van der Waals surface area contributed by atoms with E-state index in [1.54, 1.807) is 66.3 Å². The Morgan fingerprint density at radius 1 is 1.07 bits per heavy atom. The largest absolute Gasteiger partial charge is 0.355 e. The maximum atomic E-state index is 12.2. The van der Waals surface area contributed by atoms with E-state index in [-0.39, 0.29) is 5.91 Å². The molecular weight excluding hydrogens is 368 g/mol. The number of hydrogen-bond donors (Lipinski definition) is 3. The predicted octanol–water partition coefficient (Wildman–Crippen LogP) is 2.84. The van der Waals surface area contributed by atoms with Gasteiger partial charge in [0, 0.05) is 25.1 Å². The van der Waals surface area contributed by atoms with E-state index in [1.165, 1.54) is 0 Å². The average molecular weight is 384 g/mol. The molecule has 4 aromatic rings. The molecule has 2 aromatic heterocycles. The molecule has 29 heavy (non-hydrogen) atoms. The molecule has 0 aliphatic heterocycles.